The maximum atomic E-state index is 13.7. The van der Waals surface area contributed by atoms with Crippen molar-refractivity contribution in [2.45, 2.75) is 45.1 Å². The number of pyridine rings is 1. The molecule has 6 heteroatoms. The summed E-state index contributed by atoms with van der Waals surface area (Å²) in [6, 6.07) is 17.0. The fourth-order valence-corrected chi connectivity index (χ4v) is 4.41. The Balaban J connectivity index is 1.64. The van der Waals surface area contributed by atoms with Gasteiger partial charge >= 0.3 is 0 Å². The van der Waals surface area contributed by atoms with Gasteiger partial charge < -0.3 is 19.4 Å². The molecule has 0 unspecified atom stereocenters. The first-order valence-electron chi connectivity index (χ1n) is 11.7. The minimum atomic E-state index is -0.226. The number of likely N-dealkylation sites (tertiary alicyclic amines) is 1. The SMILES string of the molecule is COc1cc(C(=O)N2CCC(Oc3ccccc3)CC2)c(-c2ccc[nH]c2=O)cc1C(C)(C)C. The molecule has 4 rings (SSSR count). The van der Waals surface area contributed by atoms with Crippen molar-refractivity contribution < 1.29 is 14.3 Å². The van der Waals surface area contributed by atoms with Crippen LogP contribution >= 0.6 is 0 Å². The standard InChI is InChI=1S/C28H32N2O4/c1-28(2,3)24-17-22(21-11-8-14-29-26(21)31)23(18-25(24)33-4)27(32)30-15-12-20(13-16-30)34-19-9-6-5-7-10-19/h5-11,14,17-18,20H,12-13,15-16H2,1-4H3,(H,29,31). The van der Waals surface area contributed by atoms with E-state index in [2.05, 4.69) is 25.8 Å². The van der Waals surface area contributed by atoms with Crippen molar-refractivity contribution in [3.05, 3.63) is 82.3 Å². The Kier molecular flexibility index (Phi) is 6.77. The molecular formula is C28H32N2O4. The predicted octanol–water partition coefficient (Wildman–Crippen LogP) is 5.03. The van der Waals surface area contributed by atoms with E-state index in [0.717, 1.165) is 24.2 Å². The Labute approximate surface area is 200 Å². The average Bonchev–Trinajstić information content (AvgIpc) is 2.84. The van der Waals surface area contributed by atoms with Crippen LogP contribution in [0.1, 0.15) is 49.5 Å². The highest BCUT2D eigenvalue weighted by atomic mass is 16.5. The Morgan fingerprint density at radius 3 is 2.32 bits per heavy atom. The zero-order chi connectivity index (χ0) is 24.3. The van der Waals surface area contributed by atoms with E-state index >= 15 is 0 Å². The molecule has 0 saturated carbocycles. The molecule has 0 radical (unpaired) electrons. The number of piperidine rings is 1. The lowest BCUT2D eigenvalue weighted by molar-refractivity contribution is 0.0596. The highest BCUT2D eigenvalue weighted by Crippen LogP contribution is 2.37. The molecule has 1 aromatic heterocycles. The number of carbonyl (C=O) groups excluding carboxylic acids is 1. The number of ether oxygens (including phenoxy) is 2. The zero-order valence-electron chi connectivity index (χ0n) is 20.3. The zero-order valence-corrected chi connectivity index (χ0v) is 20.3. The van der Waals surface area contributed by atoms with Crippen molar-refractivity contribution >= 4 is 5.91 Å². The minimum absolute atomic E-state index is 0.0701. The number of hydrogen-bond acceptors (Lipinski definition) is 4. The fourth-order valence-electron chi connectivity index (χ4n) is 4.41. The van der Waals surface area contributed by atoms with Crippen LogP contribution < -0.4 is 15.0 Å². The van der Waals surface area contributed by atoms with E-state index in [1.165, 1.54) is 0 Å². The lowest BCUT2D eigenvalue weighted by atomic mass is 9.83. The molecule has 1 N–H and O–H groups in total. The molecule has 6 nitrogen and oxygen atoms in total. The third kappa shape index (κ3) is 5.01. The molecule has 1 aliphatic rings. The van der Waals surface area contributed by atoms with Gasteiger partial charge in [-0.05, 0) is 41.8 Å². The van der Waals surface area contributed by atoms with Crippen molar-refractivity contribution in [3.63, 3.8) is 0 Å². The summed E-state index contributed by atoms with van der Waals surface area (Å²) in [6.07, 6.45) is 3.16. The Bertz CT molecular complexity index is 1200. The number of benzene rings is 2. The van der Waals surface area contributed by atoms with Gasteiger partial charge in [0.05, 0.1) is 12.7 Å². The molecule has 0 aliphatic carbocycles. The monoisotopic (exact) mass is 460 g/mol. The number of nitrogens with one attached hydrogen (secondary N) is 1. The summed E-state index contributed by atoms with van der Waals surface area (Å²) in [6.45, 7) is 7.43. The van der Waals surface area contributed by atoms with Crippen LogP contribution in [0, 0.1) is 0 Å². The van der Waals surface area contributed by atoms with Crippen LogP contribution in [-0.4, -0.2) is 42.1 Å². The van der Waals surface area contributed by atoms with E-state index in [4.69, 9.17) is 9.47 Å². The van der Waals surface area contributed by atoms with E-state index in [1.54, 1.807) is 31.5 Å². The largest absolute Gasteiger partial charge is 0.496 e. The maximum Gasteiger partial charge on any atom is 0.255 e. The summed E-state index contributed by atoms with van der Waals surface area (Å²) >= 11 is 0. The Hall–Kier alpha value is -3.54. The highest BCUT2D eigenvalue weighted by Gasteiger charge is 2.29. The van der Waals surface area contributed by atoms with Crippen LogP contribution in [0.2, 0.25) is 0 Å². The number of nitrogens with zero attached hydrogens (tertiary/aromatic N) is 1. The first kappa shape index (κ1) is 23.6. The third-order valence-corrected chi connectivity index (χ3v) is 6.26. The van der Waals surface area contributed by atoms with Gasteiger partial charge in [-0.2, -0.15) is 0 Å². The number of rotatable bonds is 5. The van der Waals surface area contributed by atoms with Crippen molar-refractivity contribution in [3.8, 4) is 22.6 Å². The predicted molar refractivity (Wildman–Crippen MR) is 134 cm³/mol. The number of para-hydroxylation sites is 1. The quantitative estimate of drug-likeness (QED) is 0.580. The van der Waals surface area contributed by atoms with E-state index in [-0.39, 0.29) is 23.0 Å². The number of aromatic nitrogens is 1. The first-order chi connectivity index (χ1) is 16.3. The molecule has 0 atom stereocenters. The third-order valence-electron chi connectivity index (χ3n) is 6.26. The number of H-pyrrole nitrogens is 1. The summed E-state index contributed by atoms with van der Waals surface area (Å²) in [5, 5.41) is 0. The molecule has 1 fully saturated rings. The maximum absolute atomic E-state index is 13.7. The number of methoxy groups -OCH3 is 1. The molecule has 1 aliphatic heterocycles. The number of carbonyl (C=O) groups is 1. The molecular weight excluding hydrogens is 428 g/mol. The summed E-state index contributed by atoms with van der Waals surface area (Å²) in [5.41, 5.74) is 2.07. The van der Waals surface area contributed by atoms with Crippen LogP contribution in [-0.2, 0) is 5.41 Å². The van der Waals surface area contributed by atoms with Gasteiger partial charge in [0.2, 0.25) is 0 Å². The molecule has 0 spiro atoms. The van der Waals surface area contributed by atoms with Crippen LogP contribution in [0.3, 0.4) is 0 Å². The van der Waals surface area contributed by atoms with Crippen molar-refractivity contribution in [2.75, 3.05) is 20.2 Å². The smallest absolute Gasteiger partial charge is 0.255 e. The summed E-state index contributed by atoms with van der Waals surface area (Å²) in [7, 11) is 1.61. The van der Waals surface area contributed by atoms with Gasteiger partial charge in [0.15, 0.2) is 0 Å². The number of amides is 1. The van der Waals surface area contributed by atoms with Gasteiger partial charge in [-0.1, -0.05) is 39.0 Å². The topological polar surface area (TPSA) is 71.6 Å². The van der Waals surface area contributed by atoms with Gasteiger partial charge in [-0.15, -0.1) is 0 Å². The summed E-state index contributed by atoms with van der Waals surface area (Å²) < 4.78 is 11.8. The van der Waals surface area contributed by atoms with Crippen LogP contribution in [0.5, 0.6) is 11.5 Å². The van der Waals surface area contributed by atoms with Gasteiger partial charge in [0.25, 0.3) is 11.5 Å². The van der Waals surface area contributed by atoms with Crippen molar-refractivity contribution in [1.29, 1.82) is 0 Å². The molecule has 2 heterocycles. The number of aromatic amines is 1. The second kappa shape index (κ2) is 9.75. The van der Waals surface area contributed by atoms with Gasteiger partial charge in [0.1, 0.15) is 17.6 Å². The van der Waals surface area contributed by atoms with Crippen LogP contribution in [0.15, 0.2) is 65.6 Å². The van der Waals surface area contributed by atoms with Crippen molar-refractivity contribution in [2.24, 2.45) is 0 Å². The summed E-state index contributed by atoms with van der Waals surface area (Å²) in [4.78, 5) is 31.0. The van der Waals surface area contributed by atoms with E-state index in [0.29, 0.717) is 35.5 Å². The van der Waals surface area contributed by atoms with Gasteiger partial charge in [-0.25, -0.2) is 0 Å². The number of hydrogen-bond donors (Lipinski definition) is 1. The Morgan fingerprint density at radius 2 is 1.71 bits per heavy atom. The average molecular weight is 461 g/mol. The van der Waals surface area contributed by atoms with Crippen molar-refractivity contribution in [1.82, 2.24) is 9.88 Å². The van der Waals surface area contributed by atoms with Crippen LogP contribution in [0.4, 0.5) is 0 Å². The molecule has 3 aromatic rings. The normalized spacial score (nSPS) is 14.6. The lowest BCUT2D eigenvalue weighted by Crippen LogP contribution is -2.42. The molecule has 2 aromatic carbocycles. The molecule has 1 saturated heterocycles. The van der Waals surface area contributed by atoms with E-state index < -0.39 is 0 Å². The van der Waals surface area contributed by atoms with Gasteiger partial charge in [0, 0.05) is 48.8 Å². The molecule has 34 heavy (non-hydrogen) atoms. The highest BCUT2D eigenvalue weighted by molar-refractivity contribution is 6.01. The van der Waals surface area contributed by atoms with Gasteiger partial charge in [-0.3, -0.25) is 9.59 Å². The second-order valence-corrected chi connectivity index (χ2v) is 9.68. The molecule has 0 bridgehead atoms. The lowest BCUT2D eigenvalue weighted by Gasteiger charge is -2.33. The van der Waals surface area contributed by atoms with E-state index in [1.807, 2.05) is 41.3 Å². The summed E-state index contributed by atoms with van der Waals surface area (Å²) in [5.74, 6) is 1.39. The molecule has 178 valence electrons. The first-order valence-corrected chi connectivity index (χ1v) is 11.7. The fraction of sp³-hybridized carbons (Fsp3) is 0.357. The second-order valence-electron chi connectivity index (χ2n) is 9.68. The molecule has 1 amide bonds. The van der Waals surface area contributed by atoms with E-state index in [9.17, 15) is 9.59 Å². The Morgan fingerprint density at radius 1 is 1.00 bits per heavy atom. The van der Waals surface area contributed by atoms with Crippen LogP contribution in [0.25, 0.3) is 11.1 Å². The minimum Gasteiger partial charge on any atom is -0.496 e.